The minimum absolute atomic E-state index is 0.0732. The highest BCUT2D eigenvalue weighted by Gasteiger charge is 2.40. The Morgan fingerprint density at radius 2 is 1.70 bits per heavy atom. The van der Waals surface area contributed by atoms with Crippen LogP contribution in [-0.2, 0) is 6.18 Å². The molecule has 0 unspecified atom stereocenters. The van der Waals surface area contributed by atoms with Crippen LogP contribution < -0.4 is 31.5 Å². The van der Waals surface area contributed by atoms with Crippen molar-refractivity contribution in [2.24, 2.45) is 0 Å². The van der Waals surface area contributed by atoms with E-state index in [1.165, 1.54) is 18.3 Å². The number of carbonyl (C=O) groups excluding carboxylic acids is 2. The molecule has 40 heavy (non-hydrogen) atoms. The maximum atomic E-state index is 13.0. The molecule has 0 saturated carbocycles. The molecular formula is C27H24ClF3N6O3. The minimum Gasteiger partial charge on any atom is -0.457 e. The molecule has 0 atom stereocenters. The van der Waals surface area contributed by atoms with Crippen molar-refractivity contribution in [1.82, 2.24) is 21.2 Å². The number of nitrogens with zero attached hydrogens (tertiary/aromatic N) is 1. The van der Waals surface area contributed by atoms with Crippen LogP contribution in [0, 0.1) is 12.3 Å². The fourth-order valence-electron chi connectivity index (χ4n) is 3.68. The Morgan fingerprint density at radius 3 is 2.38 bits per heavy atom. The van der Waals surface area contributed by atoms with Gasteiger partial charge in [0.25, 0.3) is 5.91 Å². The van der Waals surface area contributed by atoms with Gasteiger partial charge in [-0.1, -0.05) is 11.6 Å². The highest BCUT2D eigenvalue weighted by atomic mass is 35.5. The van der Waals surface area contributed by atoms with Crippen LogP contribution >= 0.6 is 11.6 Å². The topological polar surface area (TPSA) is 136 Å². The van der Waals surface area contributed by atoms with Crippen LogP contribution in [-0.4, -0.2) is 29.1 Å². The van der Waals surface area contributed by atoms with Crippen molar-refractivity contribution in [3.05, 3.63) is 77.1 Å². The number of hydrogen-bond donors (Lipinski definition) is 5. The van der Waals surface area contributed by atoms with Crippen molar-refractivity contribution >= 4 is 34.9 Å². The summed E-state index contributed by atoms with van der Waals surface area (Å²) in [6, 6.07) is 11.6. The first kappa shape index (κ1) is 28.7. The van der Waals surface area contributed by atoms with E-state index in [0.717, 1.165) is 18.6 Å². The lowest BCUT2D eigenvalue weighted by atomic mass is 10.1. The van der Waals surface area contributed by atoms with E-state index in [-0.39, 0.29) is 23.0 Å². The van der Waals surface area contributed by atoms with Gasteiger partial charge in [-0.05, 0) is 61.4 Å². The van der Waals surface area contributed by atoms with Gasteiger partial charge in [0, 0.05) is 36.6 Å². The quantitative estimate of drug-likeness (QED) is 0.160. The first-order valence-corrected chi connectivity index (χ1v) is 12.4. The second-order valence-electron chi connectivity index (χ2n) is 8.82. The van der Waals surface area contributed by atoms with Gasteiger partial charge in [-0.25, -0.2) is 15.6 Å². The predicted octanol–water partition coefficient (Wildman–Crippen LogP) is 5.53. The maximum Gasteiger partial charge on any atom is 0.417 e. The van der Waals surface area contributed by atoms with E-state index in [9.17, 15) is 22.8 Å². The number of hydrogen-bond acceptors (Lipinski definition) is 6. The molecular weight excluding hydrogens is 549 g/mol. The van der Waals surface area contributed by atoms with Crippen molar-refractivity contribution in [1.29, 1.82) is 0 Å². The molecule has 1 aliphatic heterocycles. The highest BCUT2D eigenvalue weighted by Crippen LogP contribution is 2.36. The van der Waals surface area contributed by atoms with E-state index in [2.05, 4.69) is 37.7 Å². The van der Waals surface area contributed by atoms with Gasteiger partial charge in [-0.3, -0.25) is 9.78 Å². The molecule has 4 rings (SSSR count). The van der Waals surface area contributed by atoms with Crippen LogP contribution in [0.3, 0.4) is 0 Å². The number of aromatic nitrogens is 1. The highest BCUT2D eigenvalue weighted by molar-refractivity contribution is 6.31. The average molecular weight is 573 g/mol. The van der Waals surface area contributed by atoms with Gasteiger partial charge in [-0.15, -0.1) is 12.3 Å². The zero-order valence-electron chi connectivity index (χ0n) is 20.9. The van der Waals surface area contributed by atoms with E-state index in [0.29, 0.717) is 36.6 Å². The van der Waals surface area contributed by atoms with E-state index in [4.69, 9.17) is 22.8 Å². The number of rotatable bonds is 10. The fourth-order valence-corrected chi connectivity index (χ4v) is 3.91. The SMILES string of the molecule is C#CCCC1(CCNC(=O)c2cc(Oc3ccc(NC(=O)Nc4ccc(Cl)c(C(F)(F)F)c4)cc3)ccn2)NN1. The molecule has 3 amide bonds. The summed E-state index contributed by atoms with van der Waals surface area (Å²) in [5.41, 5.74) is 5.30. The Bertz CT molecular complexity index is 1420. The number of hydrazine groups is 1. The second kappa shape index (κ2) is 12.3. The van der Waals surface area contributed by atoms with Gasteiger partial charge < -0.3 is 20.7 Å². The van der Waals surface area contributed by atoms with E-state index >= 15 is 0 Å². The molecule has 2 aromatic carbocycles. The molecule has 9 nitrogen and oxygen atoms in total. The van der Waals surface area contributed by atoms with Crippen LogP contribution in [0.5, 0.6) is 11.5 Å². The summed E-state index contributed by atoms with van der Waals surface area (Å²) >= 11 is 5.60. The van der Waals surface area contributed by atoms with Crippen molar-refractivity contribution < 1.29 is 27.5 Å². The average Bonchev–Trinajstić information content (AvgIpc) is 3.69. The van der Waals surface area contributed by atoms with Crippen LogP contribution in [0.25, 0.3) is 0 Å². The van der Waals surface area contributed by atoms with Gasteiger partial charge in [0.15, 0.2) is 0 Å². The number of nitrogens with one attached hydrogen (secondary N) is 5. The molecule has 0 spiro atoms. The molecule has 1 aliphatic rings. The number of urea groups is 1. The molecule has 208 valence electrons. The first-order valence-electron chi connectivity index (χ1n) is 12.0. The van der Waals surface area contributed by atoms with Gasteiger partial charge in [-0.2, -0.15) is 13.2 Å². The van der Waals surface area contributed by atoms with Crippen molar-refractivity contribution in [3.8, 4) is 23.8 Å². The molecule has 2 heterocycles. The Balaban J connectivity index is 1.28. The van der Waals surface area contributed by atoms with Crippen LogP contribution in [0.2, 0.25) is 5.02 Å². The number of carbonyl (C=O) groups is 2. The Kier molecular flexibility index (Phi) is 8.79. The Hall–Kier alpha value is -4.31. The van der Waals surface area contributed by atoms with Crippen molar-refractivity contribution in [3.63, 3.8) is 0 Å². The molecule has 0 bridgehead atoms. The zero-order chi connectivity index (χ0) is 28.8. The summed E-state index contributed by atoms with van der Waals surface area (Å²) in [4.78, 5) is 28.9. The number of amides is 3. The lowest BCUT2D eigenvalue weighted by Gasteiger charge is -2.13. The van der Waals surface area contributed by atoms with E-state index in [1.807, 2.05) is 0 Å². The number of benzene rings is 2. The van der Waals surface area contributed by atoms with E-state index < -0.39 is 22.8 Å². The number of halogens is 4. The number of ether oxygens (including phenoxy) is 1. The number of alkyl halides is 3. The van der Waals surface area contributed by atoms with Crippen LogP contribution in [0.15, 0.2) is 60.8 Å². The fraction of sp³-hybridized carbons (Fsp3) is 0.222. The number of anilines is 2. The molecule has 1 saturated heterocycles. The summed E-state index contributed by atoms with van der Waals surface area (Å²) in [5, 5.41) is 7.21. The zero-order valence-corrected chi connectivity index (χ0v) is 21.6. The summed E-state index contributed by atoms with van der Waals surface area (Å²) in [7, 11) is 0. The van der Waals surface area contributed by atoms with Gasteiger partial charge >= 0.3 is 12.2 Å². The molecule has 3 aromatic rings. The summed E-state index contributed by atoms with van der Waals surface area (Å²) < 4.78 is 44.9. The summed E-state index contributed by atoms with van der Waals surface area (Å²) in [6.07, 6.45) is 4.13. The number of terminal acetylenes is 1. The first-order chi connectivity index (χ1) is 19.1. The number of pyridine rings is 1. The van der Waals surface area contributed by atoms with Crippen molar-refractivity contribution in [2.75, 3.05) is 17.2 Å². The molecule has 1 fully saturated rings. The standard InChI is InChI=1S/C27H24ClF3N6O3/c1-2-3-11-26(36-37-26)12-14-33-24(38)23-16-20(10-13-32-23)40-19-7-4-17(5-8-19)34-25(39)35-18-6-9-22(28)21(15-18)27(29,30)31/h1,4-10,13,15-16,36-37H,3,11-12,14H2,(H,33,38)(H2,34,35,39). The van der Waals surface area contributed by atoms with Crippen LogP contribution in [0.1, 0.15) is 35.3 Å². The van der Waals surface area contributed by atoms with Crippen molar-refractivity contribution in [2.45, 2.75) is 31.1 Å². The van der Waals surface area contributed by atoms with Gasteiger partial charge in [0.1, 0.15) is 17.2 Å². The third-order valence-electron chi connectivity index (χ3n) is 5.85. The normalized spacial score (nSPS) is 13.6. The third-order valence-corrected chi connectivity index (χ3v) is 6.18. The van der Waals surface area contributed by atoms with Gasteiger partial charge in [0.05, 0.1) is 16.2 Å². The molecule has 5 N–H and O–H groups in total. The molecule has 13 heteroatoms. The Morgan fingerprint density at radius 1 is 1.00 bits per heavy atom. The molecule has 0 radical (unpaired) electrons. The second-order valence-corrected chi connectivity index (χ2v) is 9.22. The van der Waals surface area contributed by atoms with E-state index in [1.54, 1.807) is 30.3 Å². The lowest BCUT2D eigenvalue weighted by Crippen LogP contribution is -2.30. The monoisotopic (exact) mass is 572 g/mol. The Labute approximate surface area is 232 Å². The summed E-state index contributed by atoms with van der Waals surface area (Å²) in [6.45, 7) is 0.416. The van der Waals surface area contributed by atoms with Crippen LogP contribution in [0.4, 0.5) is 29.3 Å². The predicted molar refractivity (Wildman–Crippen MR) is 144 cm³/mol. The lowest BCUT2D eigenvalue weighted by molar-refractivity contribution is -0.137. The largest absolute Gasteiger partial charge is 0.457 e. The molecule has 1 aromatic heterocycles. The minimum atomic E-state index is -4.65. The smallest absolute Gasteiger partial charge is 0.417 e. The van der Waals surface area contributed by atoms with Gasteiger partial charge in [0.2, 0.25) is 0 Å². The molecule has 0 aliphatic carbocycles. The third kappa shape index (κ3) is 7.86. The summed E-state index contributed by atoms with van der Waals surface area (Å²) in [5.74, 6) is 3.03. The maximum absolute atomic E-state index is 13.0.